The van der Waals surface area contributed by atoms with Crippen LogP contribution in [0.2, 0.25) is 0 Å². The molecule has 0 saturated carbocycles. The summed E-state index contributed by atoms with van der Waals surface area (Å²) in [7, 11) is 1.58. The molecule has 1 fully saturated rings. The zero-order valence-electron chi connectivity index (χ0n) is 11.8. The van der Waals surface area contributed by atoms with Crippen LogP contribution in [0, 0.1) is 0 Å². The number of hydrogen-bond acceptors (Lipinski definition) is 5. The van der Waals surface area contributed by atoms with Gasteiger partial charge in [-0.15, -0.1) is 0 Å². The minimum Gasteiger partial charge on any atom is -0.372 e. The molecule has 1 unspecified atom stereocenters. The van der Waals surface area contributed by atoms with E-state index in [2.05, 4.69) is 30.8 Å². The largest absolute Gasteiger partial charge is 0.372 e. The number of hydrogen-bond donors (Lipinski definition) is 0. The third-order valence-corrected chi connectivity index (χ3v) is 3.82. The molecule has 0 aromatic carbocycles. The second-order valence-corrected chi connectivity index (χ2v) is 5.56. The Morgan fingerprint density at radius 2 is 1.95 bits per heavy atom. The first-order chi connectivity index (χ1) is 9.65. The SMILES string of the molecule is CCC(OC)C(=O)N1CCN(c2ncc(Br)cn2)CC1. The van der Waals surface area contributed by atoms with Crippen LogP contribution in [-0.4, -0.2) is 60.2 Å². The number of rotatable bonds is 4. The molecule has 0 bridgehead atoms. The van der Waals surface area contributed by atoms with Crippen molar-refractivity contribution in [1.29, 1.82) is 0 Å². The van der Waals surface area contributed by atoms with Gasteiger partial charge in [0.2, 0.25) is 5.95 Å². The summed E-state index contributed by atoms with van der Waals surface area (Å²) in [5.41, 5.74) is 0. The molecule has 2 rings (SSSR count). The monoisotopic (exact) mass is 342 g/mol. The Morgan fingerprint density at radius 3 is 2.45 bits per heavy atom. The van der Waals surface area contributed by atoms with Crippen molar-refractivity contribution < 1.29 is 9.53 Å². The lowest BCUT2D eigenvalue weighted by Gasteiger charge is -2.36. The minimum absolute atomic E-state index is 0.0753. The van der Waals surface area contributed by atoms with Gasteiger partial charge < -0.3 is 14.5 Å². The Hall–Kier alpha value is -1.21. The Kier molecular flexibility index (Phi) is 5.31. The zero-order chi connectivity index (χ0) is 14.5. The van der Waals surface area contributed by atoms with Gasteiger partial charge in [0.05, 0.1) is 4.47 Å². The van der Waals surface area contributed by atoms with E-state index in [0.29, 0.717) is 25.5 Å². The van der Waals surface area contributed by atoms with E-state index in [4.69, 9.17) is 4.74 Å². The van der Waals surface area contributed by atoms with Crippen LogP contribution in [0.25, 0.3) is 0 Å². The molecule has 0 radical (unpaired) electrons. The average Bonchev–Trinajstić information content (AvgIpc) is 2.49. The summed E-state index contributed by atoms with van der Waals surface area (Å²) < 4.78 is 6.07. The molecule has 2 heterocycles. The number of aromatic nitrogens is 2. The van der Waals surface area contributed by atoms with Crippen LogP contribution in [0.1, 0.15) is 13.3 Å². The molecule has 1 atom stereocenters. The molecule has 1 aromatic rings. The number of carbonyl (C=O) groups excluding carboxylic acids is 1. The maximum atomic E-state index is 12.2. The summed E-state index contributed by atoms with van der Waals surface area (Å²) in [5.74, 6) is 0.783. The Labute approximate surface area is 127 Å². The van der Waals surface area contributed by atoms with Gasteiger partial charge in [0.1, 0.15) is 6.10 Å². The molecular weight excluding hydrogens is 324 g/mol. The van der Waals surface area contributed by atoms with E-state index in [-0.39, 0.29) is 12.0 Å². The smallest absolute Gasteiger partial charge is 0.251 e. The van der Waals surface area contributed by atoms with Crippen LogP contribution in [0.5, 0.6) is 0 Å². The van der Waals surface area contributed by atoms with E-state index >= 15 is 0 Å². The Bertz CT molecular complexity index is 442. The van der Waals surface area contributed by atoms with Gasteiger partial charge in [0, 0.05) is 45.7 Å². The molecule has 1 aromatic heterocycles. The van der Waals surface area contributed by atoms with Crippen LogP contribution >= 0.6 is 15.9 Å². The van der Waals surface area contributed by atoms with Crippen molar-refractivity contribution in [2.45, 2.75) is 19.4 Å². The van der Waals surface area contributed by atoms with Gasteiger partial charge in [0.25, 0.3) is 5.91 Å². The fourth-order valence-electron chi connectivity index (χ4n) is 2.24. The molecule has 110 valence electrons. The van der Waals surface area contributed by atoms with E-state index in [1.165, 1.54) is 0 Å². The van der Waals surface area contributed by atoms with Crippen LogP contribution in [0.15, 0.2) is 16.9 Å². The van der Waals surface area contributed by atoms with E-state index in [1.807, 2.05) is 11.8 Å². The highest BCUT2D eigenvalue weighted by atomic mass is 79.9. The fourth-order valence-corrected chi connectivity index (χ4v) is 2.45. The van der Waals surface area contributed by atoms with Gasteiger partial charge in [-0.05, 0) is 22.4 Å². The van der Waals surface area contributed by atoms with Gasteiger partial charge >= 0.3 is 0 Å². The van der Waals surface area contributed by atoms with Gasteiger partial charge in [0.15, 0.2) is 0 Å². The molecule has 20 heavy (non-hydrogen) atoms. The van der Waals surface area contributed by atoms with Crippen molar-refractivity contribution in [3.05, 3.63) is 16.9 Å². The summed E-state index contributed by atoms with van der Waals surface area (Å²) in [6, 6.07) is 0. The van der Waals surface area contributed by atoms with Crippen molar-refractivity contribution in [3.63, 3.8) is 0 Å². The lowest BCUT2D eigenvalue weighted by molar-refractivity contribution is -0.142. The molecule has 1 saturated heterocycles. The number of carbonyl (C=O) groups is 1. The lowest BCUT2D eigenvalue weighted by Crippen LogP contribution is -2.52. The minimum atomic E-state index is -0.328. The number of methoxy groups -OCH3 is 1. The number of ether oxygens (including phenoxy) is 1. The normalized spacial score (nSPS) is 17.1. The number of piperazine rings is 1. The molecule has 0 aliphatic carbocycles. The third kappa shape index (κ3) is 3.46. The fraction of sp³-hybridized carbons (Fsp3) is 0.615. The number of anilines is 1. The number of amides is 1. The summed E-state index contributed by atoms with van der Waals surface area (Å²) in [4.78, 5) is 24.7. The molecule has 1 aliphatic rings. The lowest BCUT2D eigenvalue weighted by atomic mass is 10.2. The first-order valence-electron chi connectivity index (χ1n) is 6.69. The summed E-state index contributed by atoms with van der Waals surface area (Å²) in [6.07, 6.45) is 3.84. The summed E-state index contributed by atoms with van der Waals surface area (Å²) in [6.45, 7) is 4.80. The maximum Gasteiger partial charge on any atom is 0.251 e. The van der Waals surface area contributed by atoms with Crippen molar-refractivity contribution in [1.82, 2.24) is 14.9 Å². The molecule has 1 amide bonds. The predicted molar refractivity (Wildman–Crippen MR) is 79.6 cm³/mol. The van der Waals surface area contributed by atoms with E-state index < -0.39 is 0 Å². The Morgan fingerprint density at radius 1 is 1.35 bits per heavy atom. The molecule has 6 nitrogen and oxygen atoms in total. The van der Waals surface area contributed by atoms with E-state index in [0.717, 1.165) is 17.6 Å². The first kappa shape index (κ1) is 15.2. The maximum absolute atomic E-state index is 12.2. The molecular formula is C13H19BrN4O2. The summed E-state index contributed by atoms with van der Waals surface area (Å²) >= 11 is 3.32. The molecule has 7 heteroatoms. The van der Waals surface area contributed by atoms with Crippen molar-refractivity contribution >= 4 is 27.8 Å². The average molecular weight is 343 g/mol. The van der Waals surface area contributed by atoms with Gasteiger partial charge in [-0.2, -0.15) is 0 Å². The number of nitrogens with zero attached hydrogens (tertiary/aromatic N) is 4. The second-order valence-electron chi connectivity index (χ2n) is 4.65. The third-order valence-electron chi connectivity index (χ3n) is 3.41. The van der Waals surface area contributed by atoms with Crippen molar-refractivity contribution in [3.8, 4) is 0 Å². The van der Waals surface area contributed by atoms with Crippen LogP contribution < -0.4 is 4.90 Å². The molecule has 0 spiro atoms. The van der Waals surface area contributed by atoms with Crippen LogP contribution in [-0.2, 0) is 9.53 Å². The highest BCUT2D eigenvalue weighted by Crippen LogP contribution is 2.14. The molecule has 0 N–H and O–H groups in total. The Balaban J connectivity index is 1.92. The standard InChI is InChI=1S/C13H19BrN4O2/c1-3-11(20-2)12(19)17-4-6-18(7-5-17)13-15-8-10(14)9-16-13/h8-9,11H,3-7H2,1-2H3. The van der Waals surface area contributed by atoms with Gasteiger partial charge in [-0.25, -0.2) is 9.97 Å². The zero-order valence-corrected chi connectivity index (χ0v) is 13.3. The van der Waals surface area contributed by atoms with Crippen molar-refractivity contribution in [2.24, 2.45) is 0 Å². The second kappa shape index (κ2) is 6.99. The van der Waals surface area contributed by atoms with Crippen molar-refractivity contribution in [2.75, 3.05) is 38.2 Å². The van der Waals surface area contributed by atoms with Crippen LogP contribution in [0.3, 0.4) is 0 Å². The quantitative estimate of drug-likeness (QED) is 0.825. The highest BCUT2D eigenvalue weighted by Gasteiger charge is 2.27. The van der Waals surface area contributed by atoms with E-state index in [1.54, 1.807) is 19.5 Å². The summed E-state index contributed by atoms with van der Waals surface area (Å²) in [5, 5.41) is 0. The highest BCUT2D eigenvalue weighted by molar-refractivity contribution is 9.10. The first-order valence-corrected chi connectivity index (χ1v) is 7.49. The van der Waals surface area contributed by atoms with Crippen LogP contribution in [0.4, 0.5) is 5.95 Å². The van der Waals surface area contributed by atoms with Gasteiger partial charge in [-0.1, -0.05) is 6.92 Å². The van der Waals surface area contributed by atoms with E-state index in [9.17, 15) is 4.79 Å². The number of halogens is 1. The predicted octanol–water partition coefficient (Wildman–Crippen LogP) is 1.31. The topological polar surface area (TPSA) is 58.6 Å². The molecule has 1 aliphatic heterocycles. The van der Waals surface area contributed by atoms with Gasteiger partial charge in [-0.3, -0.25) is 4.79 Å².